The Balaban J connectivity index is 2.28. The first-order chi connectivity index (χ1) is 15.8. The van der Waals surface area contributed by atoms with Crippen molar-refractivity contribution in [2.45, 2.75) is 71.9 Å². The molecule has 2 aromatic rings. The van der Waals surface area contributed by atoms with Crippen LogP contribution in [0.3, 0.4) is 0 Å². The minimum absolute atomic E-state index is 0.123. The number of ether oxygens (including phenoxy) is 1. The van der Waals surface area contributed by atoms with Gasteiger partial charge in [-0.25, -0.2) is 4.79 Å². The van der Waals surface area contributed by atoms with Crippen molar-refractivity contribution in [1.29, 1.82) is 0 Å². The van der Waals surface area contributed by atoms with Gasteiger partial charge in [-0.2, -0.15) is 0 Å². The number of amides is 1. The second-order valence-electron chi connectivity index (χ2n) is 9.11. The zero-order chi connectivity index (χ0) is 24.1. The molecule has 2 aromatic carbocycles. The number of nitrogens with zero attached hydrogens (tertiary/aromatic N) is 1. The third-order valence-corrected chi connectivity index (χ3v) is 4.97. The van der Waals surface area contributed by atoms with Crippen molar-refractivity contribution >= 4 is 11.9 Å². The van der Waals surface area contributed by atoms with Crippen LogP contribution < -0.4 is 0 Å². The highest BCUT2D eigenvalue weighted by atomic mass is 16.6. The van der Waals surface area contributed by atoms with Gasteiger partial charge in [-0.15, -0.1) is 0 Å². The molecule has 0 aromatic heterocycles. The van der Waals surface area contributed by atoms with Crippen LogP contribution in [-0.4, -0.2) is 22.4 Å². The monoisotopic (exact) mass is 447 g/mol. The molecule has 0 bridgehead atoms. The minimum atomic E-state index is -0.587. The molecule has 0 aliphatic heterocycles. The van der Waals surface area contributed by atoms with Crippen molar-refractivity contribution in [3.63, 3.8) is 0 Å². The van der Waals surface area contributed by atoms with Crippen LogP contribution in [0.5, 0.6) is 0 Å². The van der Waals surface area contributed by atoms with E-state index in [1.165, 1.54) is 12.8 Å². The predicted molar refractivity (Wildman–Crippen MR) is 135 cm³/mol. The third kappa shape index (κ3) is 9.90. The Morgan fingerprint density at radius 2 is 1.55 bits per heavy atom. The summed E-state index contributed by atoms with van der Waals surface area (Å²) in [6.07, 6.45) is 10.6. The zero-order valence-corrected chi connectivity index (χ0v) is 20.4. The van der Waals surface area contributed by atoms with Gasteiger partial charge in [0.15, 0.2) is 0 Å². The maximum Gasteiger partial charge on any atom is 0.338 e. The second kappa shape index (κ2) is 13.4. The molecular formula is C29H37NO3. The van der Waals surface area contributed by atoms with Crippen LogP contribution in [-0.2, 0) is 16.1 Å². The Morgan fingerprint density at radius 3 is 2.15 bits per heavy atom. The van der Waals surface area contributed by atoms with E-state index in [4.69, 9.17) is 4.74 Å². The van der Waals surface area contributed by atoms with Gasteiger partial charge in [-0.05, 0) is 57.4 Å². The van der Waals surface area contributed by atoms with E-state index in [1.54, 1.807) is 29.3 Å². The average molecular weight is 448 g/mol. The van der Waals surface area contributed by atoms with Gasteiger partial charge in [0.25, 0.3) is 5.91 Å². The normalized spacial score (nSPS) is 12.1. The largest absolute Gasteiger partial charge is 0.456 e. The summed E-state index contributed by atoms with van der Waals surface area (Å²) < 4.78 is 5.61. The van der Waals surface area contributed by atoms with Crippen molar-refractivity contribution in [1.82, 2.24) is 4.90 Å². The van der Waals surface area contributed by atoms with Gasteiger partial charge in [-0.3, -0.25) is 4.79 Å². The highest BCUT2D eigenvalue weighted by molar-refractivity contribution is 5.95. The Labute approximate surface area is 199 Å². The molecule has 0 N–H and O–H groups in total. The van der Waals surface area contributed by atoms with E-state index in [1.807, 2.05) is 75.4 Å². The molecule has 0 unspecified atom stereocenters. The number of unbranched alkanes of at least 4 members (excludes halogenated alkanes) is 4. The molecule has 0 radical (unpaired) electrons. The molecule has 4 heteroatoms. The fourth-order valence-electron chi connectivity index (χ4n) is 3.27. The average Bonchev–Trinajstić information content (AvgIpc) is 2.79. The summed E-state index contributed by atoms with van der Waals surface area (Å²) in [5.74, 6) is -0.497. The first-order valence-electron chi connectivity index (χ1n) is 11.8. The summed E-state index contributed by atoms with van der Waals surface area (Å²) in [4.78, 5) is 27.7. The minimum Gasteiger partial charge on any atom is -0.456 e. The Morgan fingerprint density at radius 1 is 0.909 bits per heavy atom. The molecular weight excluding hydrogens is 410 g/mol. The first kappa shape index (κ1) is 26.1. The van der Waals surface area contributed by atoms with Crippen molar-refractivity contribution in [2.75, 3.05) is 0 Å². The smallest absolute Gasteiger partial charge is 0.338 e. The van der Waals surface area contributed by atoms with E-state index in [-0.39, 0.29) is 11.9 Å². The fraction of sp³-hybridized carbons (Fsp3) is 0.379. The van der Waals surface area contributed by atoms with Gasteiger partial charge < -0.3 is 9.64 Å². The molecule has 2 rings (SSSR count). The topological polar surface area (TPSA) is 46.6 Å². The summed E-state index contributed by atoms with van der Waals surface area (Å²) in [6.45, 7) is 8.15. The van der Waals surface area contributed by atoms with E-state index < -0.39 is 5.60 Å². The van der Waals surface area contributed by atoms with Crippen LogP contribution in [0.15, 0.2) is 84.6 Å². The van der Waals surface area contributed by atoms with Gasteiger partial charge in [-0.1, -0.05) is 80.8 Å². The highest BCUT2D eigenvalue weighted by Gasteiger charge is 2.19. The molecule has 0 saturated carbocycles. The van der Waals surface area contributed by atoms with Crippen molar-refractivity contribution < 1.29 is 14.3 Å². The van der Waals surface area contributed by atoms with Crippen LogP contribution in [0, 0.1) is 0 Å². The van der Waals surface area contributed by atoms with Gasteiger partial charge in [0, 0.05) is 11.8 Å². The Hall–Kier alpha value is -3.14. The summed E-state index contributed by atoms with van der Waals surface area (Å²) in [6, 6.07) is 19.0. The predicted octanol–water partition coefficient (Wildman–Crippen LogP) is 7.08. The number of carbonyl (C=O) groups excluding carboxylic acids is 2. The fourth-order valence-corrected chi connectivity index (χ4v) is 3.27. The molecule has 4 nitrogen and oxygen atoms in total. The number of carbonyl (C=O) groups is 2. The highest BCUT2D eigenvalue weighted by Crippen LogP contribution is 2.16. The van der Waals surface area contributed by atoms with Crippen LogP contribution in [0.1, 0.15) is 75.7 Å². The molecule has 0 saturated heterocycles. The number of allylic oxidation sites excluding steroid dienone is 1. The van der Waals surface area contributed by atoms with Crippen LogP contribution >= 0.6 is 0 Å². The van der Waals surface area contributed by atoms with Crippen molar-refractivity contribution in [2.24, 2.45) is 0 Å². The van der Waals surface area contributed by atoms with Crippen molar-refractivity contribution in [3.8, 4) is 0 Å². The lowest BCUT2D eigenvalue weighted by molar-refractivity contribution is -0.149. The standard InChI is InChI=1S/C29H37NO3/c1-5-6-7-8-13-20-26(28(32)33-29(2,3)4)21-22-30(23-24-16-11-9-12-17-24)27(31)25-18-14-10-15-19-25/h9-12,14-22H,5-8,13,23H2,1-4H3/b22-21+,26-20+. The molecule has 0 heterocycles. The maximum atomic E-state index is 13.2. The van der Waals surface area contributed by atoms with E-state index in [2.05, 4.69) is 6.92 Å². The zero-order valence-electron chi connectivity index (χ0n) is 20.4. The van der Waals surface area contributed by atoms with Gasteiger partial charge in [0.05, 0.1) is 12.1 Å². The summed E-state index contributed by atoms with van der Waals surface area (Å²) in [7, 11) is 0. The van der Waals surface area contributed by atoms with Crippen LogP contribution in [0.4, 0.5) is 0 Å². The van der Waals surface area contributed by atoms with E-state index in [9.17, 15) is 9.59 Å². The summed E-state index contributed by atoms with van der Waals surface area (Å²) in [5.41, 5.74) is 1.49. The Bertz CT molecular complexity index is 924. The quantitative estimate of drug-likeness (QED) is 0.160. The molecule has 0 aliphatic carbocycles. The summed E-state index contributed by atoms with van der Waals surface area (Å²) >= 11 is 0. The molecule has 0 fully saturated rings. The Kier molecular flexibility index (Phi) is 10.6. The number of hydrogen-bond donors (Lipinski definition) is 0. The third-order valence-electron chi connectivity index (χ3n) is 4.97. The number of rotatable bonds is 11. The van der Waals surface area contributed by atoms with E-state index >= 15 is 0 Å². The van der Waals surface area contributed by atoms with E-state index in [0.29, 0.717) is 17.7 Å². The molecule has 33 heavy (non-hydrogen) atoms. The van der Waals surface area contributed by atoms with Gasteiger partial charge >= 0.3 is 5.97 Å². The van der Waals surface area contributed by atoms with Gasteiger partial charge in [0.1, 0.15) is 5.60 Å². The van der Waals surface area contributed by atoms with Crippen molar-refractivity contribution in [3.05, 3.63) is 95.7 Å². The maximum absolute atomic E-state index is 13.2. The van der Waals surface area contributed by atoms with Gasteiger partial charge in [0.2, 0.25) is 0 Å². The molecule has 0 atom stereocenters. The lowest BCUT2D eigenvalue weighted by Crippen LogP contribution is -2.26. The number of benzene rings is 2. The van der Waals surface area contributed by atoms with E-state index in [0.717, 1.165) is 24.8 Å². The SMILES string of the molecule is CCCCCC/C=C(\C=C\N(Cc1ccccc1)C(=O)c1ccccc1)C(=O)OC(C)(C)C. The number of esters is 1. The number of hydrogen-bond acceptors (Lipinski definition) is 3. The molecule has 0 spiro atoms. The first-order valence-corrected chi connectivity index (χ1v) is 11.8. The molecule has 0 aliphatic rings. The molecule has 1 amide bonds. The lowest BCUT2D eigenvalue weighted by Gasteiger charge is -2.21. The second-order valence-corrected chi connectivity index (χ2v) is 9.11. The summed E-state index contributed by atoms with van der Waals surface area (Å²) in [5, 5.41) is 0. The van der Waals surface area contributed by atoms with Crippen LogP contribution in [0.2, 0.25) is 0 Å². The lowest BCUT2D eigenvalue weighted by atomic mass is 10.1. The van der Waals surface area contributed by atoms with Crippen LogP contribution in [0.25, 0.3) is 0 Å². The molecule has 176 valence electrons.